The number of furan rings is 1. The highest BCUT2D eigenvalue weighted by Crippen LogP contribution is 2.40. The average Bonchev–Trinajstić information content (AvgIpc) is 3.01. The molecular formula is C12H20N2O3S. The highest BCUT2D eigenvalue weighted by Gasteiger charge is 2.41. The molecule has 0 atom stereocenters. The van der Waals surface area contributed by atoms with Gasteiger partial charge in [-0.25, -0.2) is 13.1 Å². The maximum absolute atomic E-state index is 12.3. The van der Waals surface area contributed by atoms with Gasteiger partial charge < -0.3 is 10.2 Å². The highest BCUT2D eigenvalue weighted by atomic mass is 32.2. The summed E-state index contributed by atoms with van der Waals surface area (Å²) < 4.78 is 32.7. The lowest BCUT2D eigenvalue weighted by atomic mass is 10.0. The Morgan fingerprint density at radius 1 is 1.50 bits per heavy atom. The number of hydrogen-bond acceptors (Lipinski definition) is 4. The van der Waals surface area contributed by atoms with Gasteiger partial charge in [-0.05, 0) is 39.5 Å². The summed E-state index contributed by atoms with van der Waals surface area (Å²) >= 11 is 0. The van der Waals surface area contributed by atoms with Crippen molar-refractivity contribution in [2.75, 3.05) is 0 Å². The smallest absolute Gasteiger partial charge is 0.244 e. The molecule has 0 aliphatic heterocycles. The first kappa shape index (κ1) is 13.6. The second-order valence-electron chi connectivity index (χ2n) is 5.44. The van der Waals surface area contributed by atoms with Crippen molar-refractivity contribution in [3.63, 3.8) is 0 Å². The van der Waals surface area contributed by atoms with Gasteiger partial charge in [-0.2, -0.15) is 0 Å². The van der Waals surface area contributed by atoms with Crippen LogP contribution >= 0.6 is 0 Å². The van der Waals surface area contributed by atoms with E-state index in [1.54, 1.807) is 6.92 Å². The molecule has 0 radical (unpaired) electrons. The molecule has 0 saturated heterocycles. The van der Waals surface area contributed by atoms with Crippen LogP contribution in [0.15, 0.2) is 15.4 Å². The minimum Gasteiger partial charge on any atom is -0.464 e. The predicted octanol–water partition coefficient (Wildman–Crippen LogP) is 1.51. The zero-order valence-corrected chi connectivity index (χ0v) is 11.8. The molecule has 0 spiro atoms. The molecule has 0 aromatic carbocycles. The number of nitrogens with two attached hydrogens (primary N) is 1. The summed E-state index contributed by atoms with van der Waals surface area (Å²) in [4.78, 5) is 0.191. The average molecular weight is 272 g/mol. The van der Waals surface area contributed by atoms with Gasteiger partial charge in [0.15, 0.2) is 0 Å². The molecule has 1 aromatic rings. The van der Waals surface area contributed by atoms with E-state index < -0.39 is 15.6 Å². The third kappa shape index (κ3) is 2.60. The van der Waals surface area contributed by atoms with Crippen LogP contribution in [0.25, 0.3) is 0 Å². The van der Waals surface area contributed by atoms with E-state index in [1.807, 2.05) is 13.8 Å². The van der Waals surface area contributed by atoms with Crippen LogP contribution in [0.2, 0.25) is 0 Å². The molecule has 6 heteroatoms. The van der Waals surface area contributed by atoms with Crippen molar-refractivity contribution in [3.8, 4) is 0 Å². The van der Waals surface area contributed by atoms with Crippen LogP contribution in [-0.2, 0) is 16.6 Å². The molecule has 1 aliphatic rings. The summed E-state index contributed by atoms with van der Waals surface area (Å²) in [5.74, 6) is 1.29. The molecule has 1 aromatic heterocycles. The topological polar surface area (TPSA) is 85.3 Å². The first-order chi connectivity index (χ1) is 8.26. The van der Waals surface area contributed by atoms with Crippen LogP contribution in [0.3, 0.4) is 0 Å². The molecule has 1 heterocycles. The van der Waals surface area contributed by atoms with E-state index in [4.69, 9.17) is 10.2 Å². The van der Waals surface area contributed by atoms with Crippen LogP contribution < -0.4 is 10.5 Å². The summed E-state index contributed by atoms with van der Waals surface area (Å²) in [6, 6.07) is 1.50. The SMILES string of the molecule is Cc1oc(CN)cc1S(=O)(=O)NC(C)(C)C1CC1. The summed E-state index contributed by atoms with van der Waals surface area (Å²) in [5, 5.41) is 0. The Hall–Kier alpha value is -0.850. The summed E-state index contributed by atoms with van der Waals surface area (Å²) in [6.07, 6.45) is 2.15. The van der Waals surface area contributed by atoms with Crippen molar-refractivity contribution in [2.45, 2.75) is 50.6 Å². The zero-order valence-electron chi connectivity index (χ0n) is 11.0. The van der Waals surface area contributed by atoms with Gasteiger partial charge >= 0.3 is 0 Å². The van der Waals surface area contributed by atoms with Crippen LogP contribution in [0.5, 0.6) is 0 Å². The lowest BCUT2D eigenvalue weighted by Gasteiger charge is -2.25. The van der Waals surface area contributed by atoms with Crippen molar-refractivity contribution in [2.24, 2.45) is 11.7 Å². The van der Waals surface area contributed by atoms with E-state index in [0.717, 1.165) is 12.8 Å². The molecule has 0 unspecified atom stereocenters. The van der Waals surface area contributed by atoms with E-state index in [9.17, 15) is 8.42 Å². The summed E-state index contributed by atoms with van der Waals surface area (Å²) in [7, 11) is -3.54. The standard InChI is InChI=1S/C12H20N2O3S/c1-8-11(6-10(7-13)17-8)18(15,16)14-12(2,3)9-4-5-9/h6,9,14H,4-5,7,13H2,1-3H3. The van der Waals surface area contributed by atoms with Gasteiger partial charge in [0, 0.05) is 11.6 Å². The van der Waals surface area contributed by atoms with E-state index in [1.165, 1.54) is 6.07 Å². The van der Waals surface area contributed by atoms with Crippen LogP contribution in [0.1, 0.15) is 38.2 Å². The van der Waals surface area contributed by atoms with E-state index in [-0.39, 0.29) is 11.4 Å². The van der Waals surface area contributed by atoms with E-state index in [2.05, 4.69) is 4.72 Å². The zero-order chi connectivity index (χ0) is 13.6. The largest absolute Gasteiger partial charge is 0.464 e. The molecule has 1 fully saturated rings. The molecule has 1 aliphatic carbocycles. The van der Waals surface area contributed by atoms with Gasteiger partial charge in [0.25, 0.3) is 0 Å². The van der Waals surface area contributed by atoms with Gasteiger partial charge in [-0.1, -0.05) is 0 Å². The van der Waals surface area contributed by atoms with Crippen molar-refractivity contribution in [1.82, 2.24) is 4.72 Å². The Balaban J connectivity index is 2.27. The van der Waals surface area contributed by atoms with Crippen molar-refractivity contribution < 1.29 is 12.8 Å². The first-order valence-electron chi connectivity index (χ1n) is 6.09. The number of nitrogens with one attached hydrogen (secondary N) is 1. The van der Waals surface area contributed by atoms with Crippen molar-refractivity contribution >= 4 is 10.0 Å². The molecule has 18 heavy (non-hydrogen) atoms. The molecule has 1 saturated carbocycles. The molecule has 2 rings (SSSR count). The predicted molar refractivity (Wildman–Crippen MR) is 68.5 cm³/mol. The first-order valence-corrected chi connectivity index (χ1v) is 7.58. The quantitative estimate of drug-likeness (QED) is 0.851. The number of sulfonamides is 1. The minimum absolute atomic E-state index is 0.191. The molecular weight excluding hydrogens is 252 g/mol. The Morgan fingerprint density at radius 2 is 2.11 bits per heavy atom. The Morgan fingerprint density at radius 3 is 2.56 bits per heavy atom. The van der Waals surface area contributed by atoms with Gasteiger partial charge in [-0.3, -0.25) is 0 Å². The number of rotatable bonds is 5. The van der Waals surface area contributed by atoms with E-state index in [0.29, 0.717) is 17.4 Å². The maximum Gasteiger partial charge on any atom is 0.244 e. The lowest BCUT2D eigenvalue weighted by Crippen LogP contribution is -2.45. The van der Waals surface area contributed by atoms with Crippen LogP contribution in [0.4, 0.5) is 0 Å². The fraction of sp³-hybridized carbons (Fsp3) is 0.667. The van der Waals surface area contributed by atoms with Crippen molar-refractivity contribution in [3.05, 3.63) is 17.6 Å². The molecule has 3 N–H and O–H groups in total. The molecule has 0 amide bonds. The fourth-order valence-electron chi connectivity index (χ4n) is 2.18. The minimum atomic E-state index is -3.54. The van der Waals surface area contributed by atoms with Crippen LogP contribution in [-0.4, -0.2) is 14.0 Å². The molecule has 0 bridgehead atoms. The number of hydrogen-bond donors (Lipinski definition) is 2. The molecule has 102 valence electrons. The normalized spacial score (nSPS) is 17.1. The maximum atomic E-state index is 12.3. The second kappa shape index (κ2) is 4.36. The lowest BCUT2D eigenvalue weighted by molar-refractivity contribution is 0.399. The second-order valence-corrected chi connectivity index (χ2v) is 7.09. The van der Waals surface area contributed by atoms with Gasteiger partial charge in [0.05, 0.1) is 6.54 Å². The third-order valence-corrected chi connectivity index (χ3v) is 5.19. The fourth-order valence-corrected chi connectivity index (χ4v) is 3.86. The summed E-state index contributed by atoms with van der Waals surface area (Å²) in [5.41, 5.74) is 5.04. The van der Waals surface area contributed by atoms with Gasteiger partial charge in [0.2, 0.25) is 10.0 Å². The number of aryl methyl sites for hydroxylation is 1. The van der Waals surface area contributed by atoms with Crippen LogP contribution in [0, 0.1) is 12.8 Å². The summed E-state index contributed by atoms with van der Waals surface area (Å²) in [6.45, 7) is 5.67. The highest BCUT2D eigenvalue weighted by molar-refractivity contribution is 7.89. The third-order valence-electron chi connectivity index (χ3n) is 3.41. The Labute approximate surface area is 108 Å². The van der Waals surface area contributed by atoms with Crippen molar-refractivity contribution in [1.29, 1.82) is 0 Å². The van der Waals surface area contributed by atoms with Gasteiger partial charge in [-0.15, -0.1) is 0 Å². The monoisotopic (exact) mass is 272 g/mol. The Kier molecular flexibility index (Phi) is 3.29. The van der Waals surface area contributed by atoms with E-state index >= 15 is 0 Å². The van der Waals surface area contributed by atoms with Gasteiger partial charge in [0.1, 0.15) is 16.4 Å². The Bertz CT molecular complexity index is 542. The molecule has 5 nitrogen and oxygen atoms in total.